The zero-order valence-electron chi connectivity index (χ0n) is 16.8. The zero-order valence-corrected chi connectivity index (χ0v) is 17.6. The first kappa shape index (κ1) is 21.4. The summed E-state index contributed by atoms with van der Waals surface area (Å²) in [5.74, 6) is 1.45. The van der Waals surface area contributed by atoms with Crippen LogP contribution in [-0.2, 0) is 22.7 Å². The predicted molar refractivity (Wildman–Crippen MR) is 113 cm³/mol. The molecule has 8 nitrogen and oxygen atoms in total. The Hall–Kier alpha value is -3.33. The number of nitrogens with zero attached hydrogens (tertiary/aromatic N) is 2. The second-order valence-electron chi connectivity index (χ2n) is 6.34. The van der Waals surface area contributed by atoms with E-state index in [1.807, 2.05) is 12.1 Å². The van der Waals surface area contributed by atoms with E-state index in [1.165, 1.54) is 11.3 Å². The minimum Gasteiger partial charge on any atom is -0.493 e. The van der Waals surface area contributed by atoms with Gasteiger partial charge >= 0.3 is 0 Å². The van der Waals surface area contributed by atoms with Gasteiger partial charge < -0.3 is 19.2 Å². The number of hydrogen-bond acceptors (Lipinski definition) is 7. The minimum atomic E-state index is -0.218. The summed E-state index contributed by atoms with van der Waals surface area (Å²) >= 11 is 1.36. The summed E-state index contributed by atoms with van der Waals surface area (Å²) in [4.78, 5) is 30.8. The van der Waals surface area contributed by atoms with Crippen molar-refractivity contribution < 1.29 is 23.5 Å². The molecule has 3 rings (SSSR count). The van der Waals surface area contributed by atoms with Gasteiger partial charge in [0.25, 0.3) is 0 Å². The fourth-order valence-corrected chi connectivity index (χ4v) is 3.47. The number of anilines is 1. The molecule has 30 heavy (non-hydrogen) atoms. The third-order valence-electron chi connectivity index (χ3n) is 4.35. The van der Waals surface area contributed by atoms with E-state index < -0.39 is 0 Å². The summed E-state index contributed by atoms with van der Waals surface area (Å²) in [6, 6.07) is 9.01. The molecule has 9 heteroatoms. The van der Waals surface area contributed by atoms with Crippen molar-refractivity contribution in [2.24, 2.45) is 0 Å². The van der Waals surface area contributed by atoms with E-state index in [-0.39, 0.29) is 24.7 Å². The number of rotatable bonds is 10. The Bertz CT molecular complexity index is 957. The van der Waals surface area contributed by atoms with Crippen molar-refractivity contribution >= 4 is 28.3 Å². The van der Waals surface area contributed by atoms with Gasteiger partial charge in [-0.15, -0.1) is 11.3 Å². The van der Waals surface area contributed by atoms with Crippen LogP contribution in [0.5, 0.6) is 11.5 Å². The highest BCUT2D eigenvalue weighted by Crippen LogP contribution is 2.29. The number of benzene rings is 1. The molecule has 0 unspecified atom stereocenters. The molecule has 0 saturated carbocycles. The molecule has 0 saturated heterocycles. The number of furan rings is 1. The Kier molecular flexibility index (Phi) is 7.45. The minimum absolute atomic E-state index is 0.0663. The highest BCUT2D eigenvalue weighted by Gasteiger charge is 2.20. The maximum atomic E-state index is 12.9. The Morgan fingerprint density at radius 3 is 2.67 bits per heavy atom. The van der Waals surface area contributed by atoms with E-state index in [4.69, 9.17) is 13.9 Å². The standard InChI is InChI=1S/C21H23N3O5S/c1-27-17-6-5-15(12-18(17)28-2)14-24(21-22-9-11-30-21)20(26)8-7-19(25)23-13-16-4-3-10-29-16/h3-6,9-12H,7-8,13-14H2,1-2H3,(H,23,25). The molecular weight excluding hydrogens is 406 g/mol. The SMILES string of the molecule is COc1ccc(CN(C(=O)CCC(=O)NCc2ccco2)c2nccs2)cc1OC. The number of carbonyl (C=O) groups is 2. The van der Waals surface area contributed by atoms with E-state index in [2.05, 4.69) is 10.3 Å². The van der Waals surface area contributed by atoms with Crippen molar-refractivity contribution in [2.45, 2.75) is 25.9 Å². The molecule has 0 atom stereocenters. The molecule has 0 aliphatic carbocycles. The maximum Gasteiger partial charge on any atom is 0.229 e. The topological polar surface area (TPSA) is 93.9 Å². The lowest BCUT2D eigenvalue weighted by molar-refractivity contribution is -0.125. The molecule has 0 aliphatic rings. The first-order chi connectivity index (χ1) is 14.6. The summed E-state index contributed by atoms with van der Waals surface area (Å²) in [6.45, 7) is 0.600. The molecule has 1 aromatic carbocycles. The number of thiazole rings is 1. The summed E-state index contributed by atoms with van der Waals surface area (Å²) in [7, 11) is 3.13. The van der Waals surface area contributed by atoms with Crippen LogP contribution >= 0.6 is 11.3 Å². The molecule has 2 heterocycles. The largest absolute Gasteiger partial charge is 0.493 e. The molecule has 0 radical (unpaired) electrons. The number of amides is 2. The maximum absolute atomic E-state index is 12.9. The molecule has 0 aliphatic heterocycles. The fraction of sp³-hybridized carbons (Fsp3) is 0.286. The lowest BCUT2D eigenvalue weighted by Crippen LogP contribution is -2.32. The average molecular weight is 429 g/mol. The van der Waals surface area contributed by atoms with Gasteiger partial charge in [-0.05, 0) is 29.8 Å². The predicted octanol–water partition coefficient (Wildman–Crippen LogP) is 3.38. The van der Waals surface area contributed by atoms with Gasteiger partial charge in [-0.25, -0.2) is 4.98 Å². The molecule has 0 bridgehead atoms. The number of aromatic nitrogens is 1. The Morgan fingerprint density at radius 1 is 1.17 bits per heavy atom. The number of nitrogens with one attached hydrogen (secondary N) is 1. The lowest BCUT2D eigenvalue weighted by Gasteiger charge is -2.20. The molecule has 2 aromatic heterocycles. The summed E-state index contributed by atoms with van der Waals surface area (Å²) in [6.07, 6.45) is 3.33. The first-order valence-corrected chi connectivity index (χ1v) is 10.2. The number of ether oxygens (including phenoxy) is 2. The average Bonchev–Trinajstić information content (AvgIpc) is 3.48. The summed E-state index contributed by atoms with van der Waals surface area (Å²) in [5, 5.41) is 5.13. The third kappa shape index (κ3) is 5.60. The van der Waals surface area contributed by atoms with E-state index in [1.54, 1.807) is 55.2 Å². The van der Waals surface area contributed by atoms with E-state index in [0.29, 0.717) is 35.5 Å². The van der Waals surface area contributed by atoms with Gasteiger partial charge in [-0.2, -0.15) is 0 Å². The number of hydrogen-bond donors (Lipinski definition) is 1. The Morgan fingerprint density at radius 2 is 2.00 bits per heavy atom. The van der Waals surface area contributed by atoms with Crippen LogP contribution in [0.1, 0.15) is 24.2 Å². The second-order valence-corrected chi connectivity index (χ2v) is 7.21. The van der Waals surface area contributed by atoms with Crippen LogP contribution in [0.2, 0.25) is 0 Å². The van der Waals surface area contributed by atoms with E-state index in [9.17, 15) is 9.59 Å². The van der Waals surface area contributed by atoms with E-state index in [0.717, 1.165) is 5.56 Å². The van der Waals surface area contributed by atoms with Crippen molar-refractivity contribution in [3.05, 3.63) is 59.5 Å². The van der Waals surface area contributed by atoms with Crippen LogP contribution in [0.25, 0.3) is 0 Å². The monoisotopic (exact) mass is 429 g/mol. The highest BCUT2D eigenvalue weighted by molar-refractivity contribution is 7.13. The van der Waals surface area contributed by atoms with Gasteiger partial charge in [0, 0.05) is 24.4 Å². The van der Waals surface area contributed by atoms with Crippen molar-refractivity contribution in [2.75, 3.05) is 19.1 Å². The molecule has 158 valence electrons. The normalized spacial score (nSPS) is 10.5. The van der Waals surface area contributed by atoms with Gasteiger partial charge in [0.2, 0.25) is 11.8 Å². The third-order valence-corrected chi connectivity index (χ3v) is 5.14. The molecule has 3 aromatic rings. The van der Waals surface area contributed by atoms with Crippen LogP contribution in [-0.4, -0.2) is 31.0 Å². The van der Waals surface area contributed by atoms with Crippen LogP contribution in [0.3, 0.4) is 0 Å². The van der Waals surface area contributed by atoms with Gasteiger partial charge in [-0.3, -0.25) is 14.5 Å². The fourth-order valence-electron chi connectivity index (χ4n) is 2.82. The molecule has 2 amide bonds. The van der Waals surface area contributed by atoms with Gasteiger partial charge in [0.15, 0.2) is 16.6 Å². The quantitative estimate of drug-likeness (QED) is 0.531. The molecular formula is C21H23N3O5S. The van der Waals surface area contributed by atoms with Crippen LogP contribution in [0.15, 0.2) is 52.6 Å². The Balaban J connectivity index is 1.63. The van der Waals surface area contributed by atoms with Crippen LogP contribution in [0, 0.1) is 0 Å². The van der Waals surface area contributed by atoms with E-state index >= 15 is 0 Å². The first-order valence-electron chi connectivity index (χ1n) is 9.30. The van der Waals surface area contributed by atoms with Crippen molar-refractivity contribution in [3.8, 4) is 11.5 Å². The number of methoxy groups -OCH3 is 2. The number of carbonyl (C=O) groups excluding carboxylic acids is 2. The summed E-state index contributed by atoms with van der Waals surface area (Å²) in [5.41, 5.74) is 0.860. The molecule has 0 fully saturated rings. The Labute approximate surface area is 178 Å². The van der Waals surface area contributed by atoms with Crippen LogP contribution in [0.4, 0.5) is 5.13 Å². The summed E-state index contributed by atoms with van der Waals surface area (Å²) < 4.78 is 15.8. The molecule has 1 N–H and O–H groups in total. The zero-order chi connectivity index (χ0) is 21.3. The lowest BCUT2D eigenvalue weighted by atomic mass is 10.1. The van der Waals surface area contributed by atoms with Crippen molar-refractivity contribution in [1.29, 1.82) is 0 Å². The highest BCUT2D eigenvalue weighted by atomic mass is 32.1. The van der Waals surface area contributed by atoms with Crippen LogP contribution < -0.4 is 19.7 Å². The molecule has 0 spiro atoms. The smallest absolute Gasteiger partial charge is 0.229 e. The van der Waals surface area contributed by atoms with Gasteiger partial charge in [-0.1, -0.05) is 6.07 Å². The second kappa shape index (κ2) is 10.4. The van der Waals surface area contributed by atoms with Gasteiger partial charge in [0.1, 0.15) is 5.76 Å². The van der Waals surface area contributed by atoms with Crippen molar-refractivity contribution in [1.82, 2.24) is 10.3 Å². The van der Waals surface area contributed by atoms with Crippen molar-refractivity contribution in [3.63, 3.8) is 0 Å². The van der Waals surface area contributed by atoms with Gasteiger partial charge in [0.05, 0.1) is 33.6 Å².